The molecule has 0 aliphatic carbocycles. The van der Waals surface area contributed by atoms with Gasteiger partial charge in [0.15, 0.2) is 5.82 Å². The first-order valence-corrected chi connectivity index (χ1v) is 10.4. The lowest BCUT2D eigenvalue weighted by Crippen LogP contribution is -2.30. The van der Waals surface area contributed by atoms with E-state index in [1.54, 1.807) is 19.7 Å². The molecule has 1 N–H and O–H groups in total. The van der Waals surface area contributed by atoms with Crippen molar-refractivity contribution in [1.29, 1.82) is 0 Å². The van der Waals surface area contributed by atoms with Crippen molar-refractivity contribution in [3.05, 3.63) is 58.9 Å². The molecule has 4 rings (SSSR count). The van der Waals surface area contributed by atoms with Gasteiger partial charge in [-0.3, -0.25) is 4.79 Å². The Balaban J connectivity index is 1.61. The van der Waals surface area contributed by atoms with Crippen LogP contribution in [0.4, 0.5) is 0 Å². The van der Waals surface area contributed by atoms with Crippen LogP contribution in [0.25, 0.3) is 22.6 Å². The third kappa shape index (κ3) is 3.86. The number of fused-ring (bicyclic) bond motifs is 1. The number of aromatic nitrogens is 3. The third-order valence-electron chi connectivity index (χ3n) is 4.90. The molecule has 0 bridgehead atoms. The van der Waals surface area contributed by atoms with E-state index in [1.807, 2.05) is 59.3 Å². The molecule has 154 valence electrons. The number of carbonyl (C=O) groups excluding carboxylic acids is 1. The molecule has 4 aromatic rings. The van der Waals surface area contributed by atoms with Gasteiger partial charge in [0.05, 0.1) is 36.8 Å². The number of amides is 1. The van der Waals surface area contributed by atoms with Crippen LogP contribution in [-0.2, 0) is 11.3 Å². The van der Waals surface area contributed by atoms with Gasteiger partial charge in [-0.1, -0.05) is 12.1 Å². The number of ether oxygens (including phenoxy) is 2. The fourth-order valence-corrected chi connectivity index (χ4v) is 3.97. The van der Waals surface area contributed by atoms with Crippen LogP contribution in [0.1, 0.15) is 18.5 Å². The SMILES string of the molecule is COc1ccc(OC)c([C@H](C)NC(=O)Cn2c(-c3cscn3)nc3ccccc32)c1. The summed E-state index contributed by atoms with van der Waals surface area (Å²) < 4.78 is 12.7. The quantitative estimate of drug-likeness (QED) is 0.486. The van der Waals surface area contributed by atoms with Gasteiger partial charge in [0, 0.05) is 10.9 Å². The van der Waals surface area contributed by atoms with Crippen molar-refractivity contribution in [3.8, 4) is 23.0 Å². The van der Waals surface area contributed by atoms with Crippen molar-refractivity contribution in [3.63, 3.8) is 0 Å². The first-order valence-electron chi connectivity index (χ1n) is 9.46. The zero-order valence-corrected chi connectivity index (χ0v) is 17.8. The van der Waals surface area contributed by atoms with E-state index in [0.717, 1.165) is 22.3 Å². The maximum atomic E-state index is 13.0. The number of imidazole rings is 1. The molecule has 0 radical (unpaired) electrons. The van der Waals surface area contributed by atoms with E-state index in [4.69, 9.17) is 9.47 Å². The summed E-state index contributed by atoms with van der Waals surface area (Å²) in [6, 6.07) is 13.0. The van der Waals surface area contributed by atoms with E-state index in [0.29, 0.717) is 17.3 Å². The van der Waals surface area contributed by atoms with Crippen LogP contribution in [0.2, 0.25) is 0 Å². The number of benzene rings is 2. The molecule has 2 aromatic heterocycles. The fraction of sp³-hybridized carbons (Fsp3) is 0.227. The molecular formula is C22H22N4O3S. The zero-order valence-electron chi connectivity index (χ0n) is 17.0. The second-order valence-corrected chi connectivity index (χ2v) is 7.50. The maximum absolute atomic E-state index is 13.0. The Morgan fingerprint density at radius 1 is 1.20 bits per heavy atom. The van der Waals surface area contributed by atoms with Crippen LogP contribution in [0.15, 0.2) is 53.4 Å². The van der Waals surface area contributed by atoms with Gasteiger partial charge in [0.1, 0.15) is 23.7 Å². The maximum Gasteiger partial charge on any atom is 0.240 e. The Morgan fingerprint density at radius 3 is 2.77 bits per heavy atom. The third-order valence-corrected chi connectivity index (χ3v) is 5.49. The predicted octanol–water partition coefficient (Wildman–Crippen LogP) is 4.05. The van der Waals surface area contributed by atoms with Gasteiger partial charge < -0.3 is 19.4 Å². The number of methoxy groups -OCH3 is 2. The molecule has 1 amide bonds. The van der Waals surface area contributed by atoms with Crippen LogP contribution in [0, 0.1) is 0 Å². The summed E-state index contributed by atoms with van der Waals surface area (Å²) in [6.45, 7) is 2.05. The summed E-state index contributed by atoms with van der Waals surface area (Å²) >= 11 is 1.50. The summed E-state index contributed by atoms with van der Waals surface area (Å²) in [6.07, 6.45) is 0. The van der Waals surface area contributed by atoms with Gasteiger partial charge in [0.25, 0.3) is 0 Å². The Hall–Kier alpha value is -3.39. The Bertz CT molecular complexity index is 1170. The minimum atomic E-state index is -0.264. The van der Waals surface area contributed by atoms with Gasteiger partial charge in [-0.25, -0.2) is 9.97 Å². The number of hydrogen-bond acceptors (Lipinski definition) is 6. The number of thiazole rings is 1. The number of carbonyl (C=O) groups is 1. The van der Waals surface area contributed by atoms with Crippen molar-refractivity contribution in [2.75, 3.05) is 14.2 Å². The first kappa shape index (κ1) is 19.9. The van der Waals surface area contributed by atoms with Crippen LogP contribution < -0.4 is 14.8 Å². The molecule has 0 saturated carbocycles. The summed E-state index contributed by atoms with van der Waals surface area (Å²) in [4.78, 5) is 22.0. The molecule has 0 unspecified atom stereocenters. The normalized spacial score (nSPS) is 12.0. The smallest absolute Gasteiger partial charge is 0.240 e. The second-order valence-electron chi connectivity index (χ2n) is 6.78. The topological polar surface area (TPSA) is 78.3 Å². The number of nitrogens with one attached hydrogen (secondary N) is 1. The van der Waals surface area contributed by atoms with Crippen molar-refractivity contribution >= 4 is 28.3 Å². The Labute approximate surface area is 178 Å². The second kappa shape index (κ2) is 8.54. The summed E-state index contributed by atoms with van der Waals surface area (Å²) in [7, 11) is 3.22. The minimum Gasteiger partial charge on any atom is -0.497 e. The van der Waals surface area contributed by atoms with E-state index in [1.165, 1.54) is 11.3 Å². The van der Waals surface area contributed by atoms with Crippen molar-refractivity contribution < 1.29 is 14.3 Å². The number of para-hydroxylation sites is 2. The first-order chi connectivity index (χ1) is 14.6. The molecule has 0 aliphatic rings. The van der Waals surface area contributed by atoms with Crippen molar-refractivity contribution in [2.45, 2.75) is 19.5 Å². The highest BCUT2D eigenvalue weighted by molar-refractivity contribution is 7.07. The lowest BCUT2D eigenvalue weighted by Gasteiger charge is -2.19. The summed E-state index contributed by atoms with van der Waals surface area (Å²) in [5.41, 5.74) is 5.08. The van der Waals surface area contributed by atoms with Crippen molar-refractivity contribution in [2.24, 2.45) is 0 Å². The van der Waals surface area contributed by atoms with Gasteiger partial charge in [-0.2, -0.15) is 0 Å². The molecule has 8 heteroatoms. The van der Waals surface area contributed by atoms with E-state index < -0.39 is 0 Å². The van der Waals surface area contributed by atoms with Gasteiger partial charge in [0.2, 0.25) is 5.91 Å². The monoisotopic (exact) mass is 422 g/mol. The van der Waals surface area contributed by atoms with Crippen LogP contribution in [0.3, 0.4) is 0 Å². The number of rotatable bonds is 7. The van der Waals surface area contributed by atoms with Gasteiger partial charge in [-0.15, -0.1) is 11.3 Å². The molecule has 30 heavy (non-hydrogen) atoms. The van der Waals surface area contributed by atoms with Crippen LogP contribution >= 0.6 is 11.3 Å². The molecule has 2 heterocycles. The molecule has 0 spiro atoms. The summed E-state index contributed by atoms with van der Waals surface area (Å²) in [5, 5.41) is 4.99. The van der Waals surface area contributed by atoms with E-state index in [2.05, 4.69) is 15.3 Å². The minimum absolute atomic E-state index is 0.129. The van der Waals surface area contributed by atoms with E-state index >= 15 is 0 Å². The molecule has 7 nitrogen and oxygen atoms in total. The average Bonchev–Trinajstić information content (AvgIpc) is 3.41. The average molecular weight is 423 g/mol. The zero-order chi connectivity index (χ0) is 21.1. The molecular weight excluding hydrogens is 400 g/mol. The highest BCUT2D eigenvalue weighted by Gasteiger charge is 2.19. The molecule has 0 saturated heterocycles. The molecule has 0 fully saturated rings. The number of nitrogens with zero attached hydrogens (tertiary/aromatic N) is 3. The highest BCUT2D eigenvalue weighted by atomic mass is 32.1. The number of hydrogen-bond donors (Lipinski definition) is 1. The fourth-order valence-electron chi connectivity index (χ4n) is 3.44. The predicted molar refractivity (Wildman–Crippen MR) is 117 cm³/mol. The summed E-state index contributed by atoms with van der Waals surface area (Å²) in [5.74, 6) is 1.95. The lowest BCUT2D eigenvalue weighted by molar-refractivity contribution is -0.122. The standard InChI is InChI=1S/C22H22N4O3S/c1-14(16-10-15(28-2)8-9-20(16)29-3)24-21(27)11-26-19-7-5-4-6-17(19)25-22(26)18-12-30-13-23-18/h4-10,12-14H,11H2,1-3H3,(H,24,27)/t14-/m0/s1. The van der Waals surface area contributed by atoms with Crippen LogP contribution in [-0.4, -0.2) is 34.7 Å². The molecule has 0 aliphatic heterocycles. The van der Waals surface area contributed by atoms with E-state index in [9.17, 15) is 4.79 Å². The Kier molecular flexibility index (Phi) is 5.67. The Morgan fingerprint density at radius 2 is 2.03 bits per heavy atom. The largest absolute Gasteiger partial charge is 0.497 e. The molecule has 1 atom stereocenters. The highest BCUT2D eigenvalue weighted by Crippen LogP contribution is 2.29. The van der Waals surface area contributed by atoms with Crippen molar-refractivity contribution in [1.82, 2.24) is 19.9 Å². The molecule has 2 aromatic carbocycles. The van der Waals surface area contributed by atoms with E-state index in [-0.39, 0.29) is 18.5 Å². The van der Waals surface area contributed by atoms with Crippen LogP contribution in [0.5, 0.6) is 11.5 Å². The van der Waals surface area contributed by atoms with Gasteiger partial charge >= 0.3 is 0 Å². The van der Waals surface area contributed by atoms with Gasteiger partial charge in [-0.05, 0) is 37.3 Å². The lowest BCUT2D eigenvalue weighted by atomic mass is 10.1.